The van der Waals surface area contributed by atoms with Crippen molar-refractivity contribution in [3.63, 3.8) is 0 Å². The van der Waals surface area contributed by atoms with Crippen LogP contribution in [0.3, 0.4) is 0 Å². The van der Waals surface area contributed by atoms with Gasteiger partial charge in [0.1, 0.15) is 0 Å². The summed E-state index contributed by atoms with van der Waals surface area (Å²) in [6, 6.07) is 0. The van der Waals surface area contributed by atoms with E-state index in [2.05, 4.69) is 0 Å². The van der Waals surface area contributed by atoms with Crippen molar-refractivity contribution in [2.24, 2.45) is 0 Å². The molecule has 0 aliphatic heterocycles. The molecule has 0 saturated carbocycles. The van der Waals surface area contributed by atoms with E-state index < -0.39 is 40.3 Å². The molecule has 0 N–H and O–H groups in total. The van der Waals surface area contributed by atoms with E-state index >= 15 is 0 Å². The molecule has 0 aliphatic rings. The molecule has 0 heterocycles. The maximum atomic E-state index is 13.2. The Morgan fingerprint density at radius 3 is 1.43 bits per heavy atom. The van der Waals surface area contributed by atoms with E-state index in [0.717, 1.165) is 6.92 Å². The maximum absolute atomic E-state index is 13.2. The highest BCUT2D eigenvalue weighted by atomic mass is 19.2. The van der Waals surface area contributed by atoms with Crippen molar-refractivity contribution in [3.8, 4) is 0 Å². The standard InChI is InChI=1S/C10H10F4/c1-4(2)6-9(13)7(11)5(3)8(12)10(6)14/h4H,1-3H3. The molecule has 0 fully saturated rings. The number of benzene rings is 1. The molecule has 1 aromatic rings. The lowest BCUT2D eigenvalue weighted by atomic mass is 9.99. The Kier molecular flexibility index (Phi) is 2.83. The van der Waals surface area contributed by atoms with Crippen molar-refractivity contribution >= 4 is 0 Å². The van der Waals surface area contributed by atoms with Crippen molar-refractivity contribution in [1.82, 2.24) is 0 Å². The van der Waals surface area contributed by atoms with Gasteiger partial charge >= 0.3 is 0 Å². The molecule has 0 bridgehead atoms. The topological polar surface area (TPSA) is 0 Å². The third kappa shape index (κ3) is 1.49. The van der Waals surface area contributed by atoms with Gasteiger partial charge in [-0.05, 0) is 12.8 Å². The van der Waals surface area contributed by atoms with Gasteiger partial charge < -0.3 is 0 Å². The van der Waals surface area contributed by atoms with Crippen molar-refractivity contribution in [3.05, 3.63) is 34.4 Å². The van der Waals surface area contributed by atoms with Crippen LogP contribution < -0.4 is 0 Å². The lowest BCUT2D eigenvalue weighted by molar-refractivity contribution is 0.425. The van der Waals surface area contributed by atoms with Gasteiger partial charge in [-0.15, -0.1) is 0 Å². The minimum Gasteiger partial charge on any atom is -0.203 e. The third-order valence-corrected chi connectivity index (χ3v) is 2.09. The molecule has 78 valence electrons. The molecule has 0 saturated heterocycles. The maximum Gasteiger partial charge on any atom is 0.165 e. The number of rotatable bonds is 1. The normalized spacial score (nSPS) is 11.1. The molecule has 1 rings (SSSR count). The summed E-state index contributed by atoms with van der Waals surface area (Å²) >= 11 is 0. The average Bonchev–Trinajstić information content (AvgIpc) is 2.11. The van der Waals surface area contributed by atoms with Crippen LogP contribution in [-0.2, 0) is 0 Å². The summed E-state index contributed by atoms with van der Waals surface area (Å²) in [5.41, 5.74) is -1.16. The van der Waals surface area contributed by atoms with Gasteiger partial charge in [-0.1, -0.05) is 13.8 Å². The van der Waals surface area contributed by atoms with Crippen LogP contribution in [0.5, 0.6) is 0 Å². The summed E-state index contributed by atoms with van der Waals surface area (Å²) < 4.78 is 52.4. The summed E-state index contributed by atoms with van der Waals surface area (Å²) in [5.74, 6) is -5.81. The SMILES string of the molecule is Cc1c(F)c(F)c(C(C)C)c(F)c1F. The van der Waals surface area contributed by atoms with E-state index in [1.807, 2.05) is 0 Å². The summed E-state index contributed by atoms with van der Waals surface area (Å²) in [6.07, 6.45) is 0. The first-order chi connectivity index (χ1) is 6.37. The number of hydrogen-bond donors (Lipinski definition) is 0. The van der Waals surface area contributed by atoms with Crippen molar-refractivity contribution < 1.29 is 17.6 Å². The number of hydrogen-bond acceptors (Lipinski definition) is 0. The summed E-state index contributed by atoms with van der Waals surface area (Å²) in [4.78, 5) is 0. The Bertz CT molecular complexity index is 340. The van der Waals surface area contributed by atoms with E-state index in [9.17, 15) is 17.6 Å². The van der Waals surface area contributed by atoms with Crippen molar-refractivity contribution in [2.75, 3.05) is 0 Å². The third-order valence-electron chi connectivity index (χ3n) is 2.09. The van der Waals surface area contributed by atoms with Gasteiger partial charge in [0.15, 0.2) is 23.3 Å². The highest BCUT2D eigenvalue weighted by Crippen LogP contribution is 2.28. The van der Waals surface area contributed by atoms with Crippen LogP contribution in [0.15, 0.2) is 0 Å². The first-order valence-electron chi connectivity index (χ1n) is 4.20. The zero-order valence-electron chi connectivity index (χ0n) is 8.09. The zero-order chi connectivity index (χ0) is 11.0. The zero-order valence-corrected chi connectivity index (χ0v) is 8.09. The van der Waals surface area contributed by atoms with Crippen LogP contribution in [0.25, 0.3) is 0 Å². The number of halogens is 4. The second-order valence-electron chi connectivity index (χ2n) is 3.45. The van der Waals surface area contributed by atoms with Crippen LogP contribution in [0.4, 0.5) is 17.6 Å². The molecule has 0 atom stereocenters. The summed E-state index contributed by atoms with van der Waals surface area (Å²) in [6.45, 7) is 3.94. The second kappa shape index (κ2) is 3.59. The van der Waals surface area contributed by atoms with E-state index in [4.69, 9.17) is 0 Å². The van der Waals surface area contributed by atoms with Crippen molar-refractivity contribution in [2.45, 2.75) is 26.7 Å². The minimum atomic E-state index is -1.31. The van der Waals surface area contributed by atoms with E-state index in [-0.39, 0.29) is 0 Å². The highest BCUT2D eigenvalue weighted by Gasteiger charge is 2.24. The summed E-state index contributed by atoms with van der Waals surface area (Å²) in [5, 5.41) is 0. The fraction of sp³-hybridized carbons (Fsp3) is 0.400. The smallest absolute Gasteiger partial charge is 0.165 e. The molecule has 4 heteroatoms. The largest absolute Gasteiger partial charge is 0.203 e. The van der Waals surface area contributed by atoms with Crippen LogP contribution in [0.1, 0.15) is 30.9 Å². The molecule has 0 aliphatic carbocycles. The molecule has 0 aromatic heterocycles. The molecule has 14 heavy (non-hydrogen) atoms. The first-order valence-corrected chi connectivity index (χ1v) is 4.20. The molecule has 1 aromatic carbocycles. The predicted octanol–water partition coefficient (Wildman–Crippen LogP) is 3.67. The Morgan fingerprint density at radius 1 is 0.786 bits per heavy atom. The minimum absolute atomic E-state index is 0.536. The molecule has 0 nitrogen and oxygen atoms in total. The fourth-order valence-corrected chi connectivity index (χ4v) is 1.27. The van der Waals surface area contributed by atoms with Crippen LogP contribution in [-0.4, -0.2) is 0 Å². The lowest BCUT2D eigenvalue weighted by Gasteiger charge is -2.11. The van der Waals surface area contributed by atoms with Crippen molar-refractivity contribution in [1.29, 1.82) is 0 Å². The van der Waals surface area contributed by atoms with Crippen LogP contribution >= 0.6 is 0 Å². The van der Waals surface area contributed by atoms with E-state index in [1.54, 1.807) is 0 Å². The van der Waals surface area contributed by atoms with Gasteiger partial charge in [0, 0.05) is 11.1 Å². The average molecular weight is 206 g/mol. The Balaban J connectivity index is 3.60. The van der Waals surface area contributed by atoms with Gasteiger partial charge in [0.2, 0.25) is 0 Å². The lowest BCUT2D eigenvalue weighted by Crippen LogP contribution is -2.07. The van der Waals surface area contributed by atoms with Gasteiger partial charge in [-0.3, -0.25) is 0 Å². The molecular weight excluding hydrogens is 196 g/mol. The fourth-order valence-electron chi connectivity index (χ4n) is 1.27. The molecule has 0 radical (unpaired) electrons. The molecule has 0 unspecified atom stereocenters. The van der Waals surface area contributed by atoms with Crippen LogP contribution in [0, 0.1) is 30.2 Å². The molecule has 0 amide bonds. The van der Waals surface area contributed by atoms with Gasteiger partial charge in [0.05, 0.1) is 0 Å². The predicted molar refractivity (Wildman–Crippen MR) is 45.1 cm³/mol. The van der Waals surface area contributed by atoms with Gasteiger partial charge in [0.25, 0.3) is 0 Å². The van der Waals surface area contributed by atoms with Gasteiger partial charge in [-0.25, -0.2) is 17.6 Å². The Hall–Kier alpha value is -1.06. The molecular formula is C10H10F4. The van der Waals surface area contributed by atoms with Crippen LogP contribution in [0.2, 0.25) is 0 Å². The Labute approximate surface area is 79.6 Å². The van der Waals surface area contributed by atoms with Gasteiger partial charge in [-0.2, -0.15) is 0 Å². The summed E-state index contributed by atoms with van der Waals surface area (Å²) in [7, 11) is 0. The first kappa shape index (κ1) is 11.0. The molecule has 0 spiro atoms. The second-order valence-corrected chi connectivity index (χ2v) is 3.45. The highest BCUT2D eigenvalue weighted by molar-refractivity contribution is 5.30. The van der Waals surface area contributed by atoms with E-state index in [0.29, 0.717) is 0 Å². The quantitative estimate of drug-likeness (QED) is 0.485. The monoisotopic (exact) mass is 206 g/mol. The van der Waals surface area contributed by atoms with E-state index in [1.165, 1.54) is 13.8 Å². The Morgan fingerprint density at radius 2 is 1.14 bits per heavy atom.